The Balaban J connectivity index is 1.11. The summed E-state index contributed by atoms with van der Waals surface area (Å²) in [6.45, 7) is 2.68. The van der Waals surface area contributed by atoms with Crippen molar-refractivity contribution in [1.29, 1.82) is 0 Å². The molecule has 0 radical (unpaired) electrons. The number of nitrogens with one attached hydrogen (secondary N) is 4. The molecule has 5 aromatic rings. The van der Waals surface area contributed by atoms with Crippen molar-refractivity contribution in [3.63, 3.8) is 0 Å². The van der Waals surface area contributed by atoms with Gasteiger partial charge in [-0.15, -0.1) is 0 Å². The number of hydrogen-bond donors (Lipinski definition) is 4. The summed E-state index contributed by atoms with van der Waals surface area (Å²) < 4.78 is 7.77. The Morgan fingerprint density at radius 2 is 1.54 bits per heavy atom. The molecule has 2 atom stereocenters. The first-order valence-corrected chi connectivity index (χ1v) is 17.6. The zero-order valence-corrected chi connectivity index (χ0v) is 29.5. The Morgan fingerprint density at radius 3 is 2.22 bits per heavy atom. The minimum Gasteiger partial charge on any atom is -0.481 e. The van der Waals surface area contributed by atoms with Gasteiger partial charge in [-0.2, -0.15) is 0 Å². The van der Waals surface area contributed by atoms with Crippen molar-refractivity contribution in [2.45, 2.75) is 50.9 Å². The summed E-state index contributed by atoms with van der Waals surface area (Å²) in [5, 5.41) is 15.1. The van der Waals surface area contributed by atoms with E-state index in [2.05, 4.69) is 55.2 Å². The molecule has 12 heteroatoms. The van der Waals surface area contributed by atoms with Gasteiger partial charge in [-0.3, -0.25) is 14.6 Å². The van der Waals surface area contributed by atoms with Crippen molar-refractivity contribution in [1.82, 2.24) is 35.8 Å². The van der Waals surface area contributed by atoms with Gasteiger partial charge in [-0.25, -0.2) is 4.98 Å². The van der Waals surface area contributed by atoms with Gasteiger partial charge in [0, 0.05) is 109 Å². The van der Waals surface area contributed by atoms with Crippen LogP contribution in [0.1, 0.15) is 36.8 Å². The monoisotopic (exact) mass is 711 g/mol. The fourth-order valence-corrected chi connectivity index (χ4v) is 7.55. The van der Waals surface area contributed by atoms with Crippen LogP contribution < -0.4 is 26.0 Å². The quantitative estimate of drug-likeness (QED) is 0.125. The molecule has 3 aromatic heterocycles. The maximum absolute atomic E-state index is 11.5. The Labute approximate surface area is 300 Å². The molecule has 5 heterocycles. The number of benzene rings is 2. The van der Waals surface area contributed by atoms with Gasteiger partial charge < -0.3 is 30.6 Å². The molecule has 0 saturated carbocycles. The lowest BCUT2D eigenvalue weighted by Gasteiger charge is -2.15. The number of amides is 2. The van der Waals surface area contributed by atoms with E-state index < -0.39 is 0 Å². The van der Waals surface area contributed by atoms with E-state index in [0.717, 1.165) is 58.1 Å². The summed E-state index contributed by atoms with van der Waals surface area (Å²) in [5.74, 6) is 0.736. The van der Waals surface area contributed by atoms with Crippen molar-refractivity contribution in [2.24, 2.45) is 7.05 Å². The van der Waals surface area contributed by atoms with Crippen molar-refractivity contribution in [3.05, 3.63) is 88.2 Å². The van der Waals surface area contributed by atoms with Gasteiger partial charge in [0.05, 0.1) is 28.5 Å². The summed E-state index contributed by atoms with van der Waals surface area (Å²) in [6, 6.07) is 18.2. The number of nitrogens with zero attached hydrogens (tertiary/aromatic N) is 3. The third-order valence-electron chi connectivity index (χ3n) is 9.52. The van der Waals surface area contributed by atoms with Crippen LogP contribution in [0.4, 0.5) is 0 Å². The van der Waals surface area contributed by atoms with E-state index in [4.69, 9.17) is 32.9 Å². The second-order valence-corrected chi connectivity index (χ2v) is 13.7. The molecule has 2 fully saturated rings. The van der Waals surface area contributed by atoms with Crippen LogP contribution in [0.15, 0.2) is 67.0 Å². The molecule has 2 aliphatic rings. The molecular weight excluding hydrogens is 673 g/mol. The largest absolute Gasteiger partial charge is 0.481 e. The van der Waals surface area contributed by atoms with Crippen LogP contribution in [-0.4, -0.2) is 58.6 Å². The van der Waals surface area contributed by atoms with E-state index in [9.17, 15) is 9.59 Å². The number of hydrogen-bond acceptors (Lipinski definition) is 7. The number of halogens is 2. The Bertz CT molecular complexity index is 2080. The molecular formula is C38H39Cl2N7O3. The highest BCUT2D eigenvalue weighted by molar-refractivity contribution is 6.39. The number of rotatable bonds is 12. The normalized spacial score (nSPS) is 17.4. The fraction of sp³-hybridized carbons (Fsp3) is 0.316. The van der Waals surface area contributed by atoms with Gasteiger partial charge in [0.2, 0.25) is 17.7 Å². The first-order chi connectivity index (χ1) is 24.3. The fourth-order valence-electron chi connectivity index (χ4n) is 6.90. The Hall–Kier alpha value is -4.48. The predicted octanol–water partition coefficient (Wildman–Crippen LogP) is 6.02. The van der Waals surface area contributed by atoms with E-state index >= 15 is 0 Å². The summed E-state index contributed by atoms with van der Waals surface area (Å²) in [7, 11) is 3.64. The van der Waals surface area contributed by atoms with Crippen LogP contribution >= 0.6 is 23.2 Å². The summed E-state index contributed by atoms with van der Waals surface area (Å²) in [5.41, 5.74) is 7.71. The van der Waals surface area contributed by atoms with E-state index in [1.54, 1.807) is 13.3 Å². The third-order valence-corrected chi connectivity index (χ3v) is 10.3. The first-order valence-electron chi connectivity index (χ1n) is 16.8. The number of ether oxygens (including phenoxy) is 1. The van der Waals surface area contributed by atoms with Crippen molar-refractivity contribution >= 4 is 45.9 Å². The molecule has 0 spiro atoms. The maximum Gasteiger partial charge on any atom is 0.220 e. The molecule has 4 N–H and O–H groups in total. The van der Waals surface area contributed by atoms with Gasteiger partial charge in [-0.1, -0.05) is 59.6 Å². The summed E-state index contributed by atoms with van der Waals surface area (Å²) in [4.78, 5) is 32.6. The highest BCUT2D eigenvalue weighted by Gasteiger charge is 2.22. The molecule has 7 rings (SSSR count). The maximum atomic E-state index is 11.5. The standard InChI is InChI=1S/C38H39Cl2N7O3/c1-47-21-24(18-42-20-26-9-13-34(49)45-26)27-10-6-22(16-32(27)47)37-36(40)29(14-15-43-37)28-4-3-5-30(35(28)39)31-11-7-23(38(46-31)50-2)17-41-19-25-8-12-33(48)44-25/h3-7,10-11,14-16,21,25-26,41-42H,8-9,12-13,17-20H2,1-2H3,(H,44,48)(H,45,49). The van der Waals surface area contributed by atoms with E-state index in [1.807, 2.05) is 43.4 Å². The predicted molar refractivity (Wildman–Crippen MR) is 197 cm³/mol. The molecule has 2 saturated heterocycles. The SMILES string of the molecule is COc1nc(-c2cccc(-c3ccnc(-c4ccc5c(CNCC6CCC(=O)N6)cn(C)c5c4)c3Cl)c2Cl)ccc1CNCC1CCC(=O)N1. The zero-order valence-electron chi connectivity index (χ0n) is 28.0. The van der Waals surface area contributed by atoms with E-state index in [-0.39, 0.29) is 23.9 Å². The molecule has 2 aliphatic heterocycles. The van der Waals surface area contributed by atoms with E-state index in [0.29, 0.717) is 59.8 Å². The second kappa shape index (κ2) is 14.8. The van der Waals surface area contributed by atoms with Crippen LogP contribution in [0.25, 0.3) is 44.5 Å². The van der Waals surface area contributed by atoms with E-state index in [1.165, 1.54) is 5.56 Å². The smallest absolute Gasteiger partial charge is 0.220 e. The van der Waals surface area contributed by atoms with Gasteiger partial charge in [0.15, 0.2) is 0 Å². The zero-order chi connectivity index (χ0) is 34.8. The highest BCUT2D eigenvalue weighted by Crippen LogP contribution is 2.42. The second-order valence-electron chi connectivity index (χ2n) is 12.9. The Kier molecular flexibility index (Phi) is 10.1. The number of aromatic nitrogens is 3. The molecule has 0 bridgehead atoms. The minimum absolute atomic E-state index is 0.101. The van der Waals surface area contributed by atoms with Crippen LogP contribution in [0.5, 0.6) is 5.88 Å². The first kappa shape index (κ1) is 34.0. The minimum atomic E-state index is 0.101. The molecule has 2 unspecified atom stereocenters. The molecule has 50 heavy (non-hydrogen) atoms. The summed E-state index contributed by atoms with van der Waals surface area (Å²) in [6.07, 6.45) is 6.77. The number of fused-ring (bicyclic) bond motifs is 1. The van der Waals surface area contributed by atoms with Gasteiger partial charge >= 0.3 is 0 Å². The lowest BCUT2D eigenvalue weighted by Crippen LogP contribution is -2.35. The number of carbonyl (C=O) groups excluding carboxylic acids is 2. The molecule has 2 amide bonds. The van der Waals surface area contributed by atoms with Crippen molar-refractivity contribution in [2.75, 3.05) is 20.2 Å². The van der Waals surface area contributed by atoms with Crippen LogP contribution in [0, 0.1) is 0 Å². The lowest BCUT2D eigenvalue weighted by atomic mass is 9.99. The van der Waals surface area contributed by atoms with Crippen LogP contribution in [-0.2, 0) is 29.7 Å². The highest BCUT2D eigenvalue weighted by atomic mass is 35.5. The number of aryl methyl sites for hydroxylation is 1. The number of carbonyl (C=O) groups is 2. The van der Waals surface area contributed by atoms with Crippen molar-refractivity contribution < 1.29 is 14.3 Å². The summed E-state index contributed by atoms with van der Waals surface area (Å²) >= 11 is 14.2. The van der Waals surface area contributed by atoms with Crippen LogP contribution in [0.3, 0.4) is 0 Å². The van der Waals surface area contributed by atoms with Crippen LogP contribution in [0.2, 0.25) is 10.0 Å². The topological polar surface area (TPSA) is 122 Å². The molecule has 10 nitrogen and oxygen atoms in total. The average Bonchev–Trinajstić information content (AvgIpc) is 3.83. The Morgan fingerprint density at radius 1 is 0.860 bits per heavy atom. The van der Waals surface area contributed by atoms with Gasteiger partial charge in [0.25, 0.3) is 0 Å². The van der Waals surface area contributed by atoms with Gasteiger partial charge in [0.1, 0.15) is 0 Å². The van der Waals surface area contributed by atoms with Crippen molar-refractivity contribution in [3.8, 4) is 39.5 Å². The molecule has 0 aliphatic carbocycles. The third kappa shape index (κ3) is 7.07. The average molecular weight is 713 g/mol. The number of pyridine rings is 2. The molecule has 2 aromatic carbocycles. The number of methoxy groups -OCH3 is 1. The van der Waals surface area contributed by atoms with Gasteiger partial charge in [-0.05, 0) is 36.6 Å². The molecule has 258 valence electrons. The lowest BCUT2D eigenvalue weighted by molar-refractivity contribution is -0.120.